The molecule has 1 aliphatic rings. The Hall–Kier alpha value is -1.10. The zero-order valence-electron chi connectivity index (χ0n) is 6.91. The zero-order chi connectivity index (χ0) is 9.14. The molecule has 1 heterocycles. The number of amides is 2. The molecule has 0 saturated carbocycles. The van der Waals surface area contributed by atoms with Gasteiger partial charge in [0.2, 0.25) is 5.91 Å². The van der Waals surface area contributed by atoms with E-state index in [0.29, 0.717) is 13.0 Å². The van der Waals surface area contributed by atoms with E-state index in [2.05, 4.69) is 0 Å². The highest BCUT2D eigenvalue weighted by molar-refractivity contribution is 5.86. The molecule has 0 aromatic rings. The highest BCUT2D eigenvalue weighted by Gasteiger charge is 2.31. The lowest BCUT2D eigenvalue weighted by atomic mass is 10.2. The van der Waals surface area contributed by atoms with Crippen molar-refractivity contribution in [2.24, 2.45) is 0 Å². The van der Waals surface area contributed by atoms with Gasteiger partial charge in [0, 0.05) is 13.5 Å². The molecule has 0 bridgehead atoms. The van der Waals surface area contributed by atoms with Crippen molar-refractivity contribution in [1.29, 1.82) is 0 Å². The third-order valence-electron chi connectivity index (χ3n) is 2.07. The third kappa shape index (κ3) is 1.55. The first-order chi connectivity index (χ1) is 5.66. The van der Waals surface area contributed by atoms with E-state index in [0.717, 1.165) is 6.42 Å². The van der Waals surface area contributed by atoms with E-state index in [9.17, 15) is 9.59 Å². The molecule has 0 radical (unpaired) electrons. The van der Waals surface area contributed by atoms with Crippen LogP contribution in [0.3, 0.4) is 0 Å². The van der Waals surface area contributed by atoms with Gasteiger partial charge in [-0.1, -0.05) is 0 Å². The first kappa shape index (κ1) is 8.99. The first-order valence-electron chi connectivity index (χ1n) is 3.88. The van der Waals surface area contributed by atoms with Crippen molar-refractivity contribution in [1.82, 2.24) is 10.4 Å². The second-order valence-electron chi connectivity index (χ2n) is 2.85. The molecule has 5 heteroatoms. The van der Waals surface area contributed by atoms with Crippen LogP contribution in [0.15, 0.2) is 0 Å². The maximum Gasteiger partial charge on any atom is 0.266 e. The molecule has 0 unspecified atom stereocenters. The number of hydroxylamine groups is 1. The van der Waals surface area contributed by atoms with Crippen molar-refractivity contribution >= 4 is 11.8 Å². The lowest BCUT2D eigenvalue weighted by Gasteiger charge is -2.20. The Balaban J connectivity index is 2.63. The Labute approximate surface area is 70.3 Å². The van der Waals surface area contributed by atoms with Crippen LogP contribution in [0.5, 0.6) is 0 Å². The Morgan fingerprint density at radius 2 is 2.25 bits per heavy atom. The van der Waals surface area contributed by atoms with Crippen LogP contribution in [0.1, 0.15) is 19.8 Å². The van der Waals surface area contributed by atoms with Crippen molar-refractivity contribution in [2.75, 3.05) is 6.54 Å². The van der Waals surface area contributed by atoms with Gasteiger partial charge in [0.15, 0.2) is 0 Å². The summed E-state index contributed by atoms with van der Waals surface area (Å²) < 4.78 is 0. The van der Waals surface area contributed by atoms with Crippen LogP contribution in [0.25, 0.3) is 0 Å². The summed E-state index contributed by atoms with van der Waals surface area (Å²) in [5.41, 5.74) is 1.56. The molecule has 5 nitrogen and oxygen atoms in total. The molecule has 1 atom stereocenters. The smallest absolute Gasteiger partial charge is 0.266 e. The number of nitrogens with one attached hydrogen (secondary N) is 1. The molecule has 68 valence electrons. The predicted molar refractivity (Wildman–Crippen MR) is 40.3 cm³/mol. The highest BCUT2D eigenvalue weighted by atomic mass is 16.5. The molecule has 12 heavy (non-hydrogen) atoms. The Morgan fingerprint density at radius 3 is 2.75 bits per heavy atom. The average molecular weight is 172 g/mol. The van der Waals surface area contributed by atoms with Crippen LogP contribution in [-0.4, -0.2) is 34.5 Å². The van der Waals surface area contributed by atoms with Crippen LogP contribution in [0, 0.1) is 0 Å². The number of rotatable bonds is 1. The largest absolute Gasteiger partial charge is 0.331 e. The van der Waals surface area contributed by atoms with E-state index in [1.807, 2.05) is 0 Å². The van der Waals surface area contributed by atoms with Crippen molar-refractivity contribution in [2.45, 2.75) is 25.8 Å². The summed E-state index contributed by atoms with van der Waals surface area (Å²) >= 11 is 0. The van der Waals surface area contributed by atoms with Gasteiger partial charge >= 0.3 is 0 Å². The van der Waals surface area contributed by atoms with E-state index in [1.165, 1.54) is 11.8 Å². The minimum absolute atomic E-state index is 0.124. The number of hydrogen-bond acceptors (Lipinski definition) is 3. The second kappa shape index (κ2) is 3.53. The second-order valence-corrected chi connectivity index (χ2v) is 2.85. The molecule has 0 aliphatic carbocycles. The van der Waals surface area contributed by atoms with Crippen LogP contribution >= 0.6 is 0 Å². The topological polar surface area (TPSA) is 69.6 Å². The van der Waals surface area contributed by atoms with E-state index in [1.54, 1.807) is 5.48 Å². The van der Waals surface area contributed by atoms with Crippen LogP contribution in [0.4, 0.5) is 0 Å². The van der Waals surface area contributed by atoms with Crippen molar-refractivity contribution < 1.29 is 14.8 Å². The van der Waals surface area contributed by atoms with E-state index in [-0.39, 0.29) is 5.91 Å². The molecule has 1 fully saturated rings. The first-order valence-corrected chi connectivity index (χ1v) is 3.88. The number of hydrogen-bond donors (Lipinski definition) is 2. The van der Waals surface area contributed by atoms with Gasteiger partial charge in [0.1, 0.15) is 6.04 Å². The molecule has 0 spiro atoms. The maximum absolute atomic E-state index is 11.0. The fraction of sp³-hybridized carbons (Fsp3) is 0.714. The number of likely N-dealkylation sites (tertiary alicyclic amines) is 1. The minimum atomic E-state index is -0.497. The minimum Gasteiger partial charge on any atom is -0.331 e. The van der Waals surface area contributed by atoms with Gasteiger partial charge in [-0.05, 0) is 12.8 Å². The number of carbonyl (C=O) groups is 2. The van der Waals surface area contributed by atoms with Gasteiger partial charge in [0.25, 0.3) is 5.91 Å². The van der Waals surface area contributed by atoms with E-state index >= 15 is 0 Å². The lowest BCUT2D eigenvalue weighted by Crippen LogP contribution is -2.44. The summed E-state index contributed by atoms with van der Waals surface area (Å²) in [6.45, 7) is 2.02. The normalized spacial score (nSPS) is 22.5. The monoisotopic (exact) mass is 172 g/mol. The van der Waals surface area contributed by atoms with Gasteiger partial charge in [0.05, 0.1) is 0 Å². The summed E-state index contributed by atoms with van der Waals surface area (Å²) in [7, 11) is 0. The van der Waals surface area contributed by atoms with Crippen LogP contribution in [-0.2, 0) is 9.59 Å². The highest BCUT2D eigenvalue weighted by Crippen LogP contribution is 2.16. The van der Waals surface area contributed by atoms with Crippen molar-refractivity contribution in [3.63, 3.8) is 0 Å². The number of nitrogens with zero attached hydrogens (tertiary/aromatic N) is 1. The standard InChI is InChI=1S/C7H12N2O3/c1-5(10)9-4-2-3-6(9)7(11)8-12/h6,12H,2-4H2,1H3,(H,8,11)/t6-/m0/s1. The summed E-state index contributed by atoms with van der Waals surface area (Å²) in [5.74, 6) is -0.621. The zero-order valence-corrected chi connectivity index (χ0v) is 6.91. The summed E-state index contributed by atoms with van der Waals surface area (Å²) in [6, 6.07) is -0.479. The molecule has 1 saturated heterocycles. The van der Waals surface area contributed by atoms with Crippen molar-refractivity contribution in [3.8, 4) is 0 Å². The summed E-state index contributed by atoms with van der Waals surface area (Å²) in [4.78, 5) is 23.4. The molecule has 2 amide bonds. The lowest BCUT2D eigenvalue weighted by molar-refractivity contribution is -0.141. The van der Waals surface area contributed by atoms with Crippen molar-refractivity contribution in [3.05, 3.63) is 0 Å². The summed E-state index contributed by atoms with van der Waals surface area (Å²) in [6.07, 6.45) is 1.45. The molecular formula is C7H12N2O3. The Morgan fingerprint density at radius 1 is 1.58 bits per heavy atom. The van der Waals surface area contributed by atoms with Crippen LogP contribution < -0.4 is 5.48 Å². The summed E-state index contributed by atoms with van der Waals surface area (Å²) in [5, 5.41) is 8.36. The fourth-order valence-electron chi connectivity index (χ4n) is 1.49. The Kier molecular flexibility index (Phi) is 2.65. The quantitative estimate of drug-likeness (QED) is 0.414. The fourth-order valence-corrected chi connectivity index (χ4v) is 1.49. The molecule has 0 aromatic heterocycles. The predicted octanol–water partition coefficient (Wildman–Crippen LogP) is -0.497. The maximum atomic E-state index is 11.0. The van der Waals surface area contributed by atoms with Gasteiger partial charge in [-0.15, -0.1) is 0 Å². The average Bonchev–Trinajstić information content (AvgIpc) is 2.50. The van der Waals surface area contributed by atoms with Gasteiger partial charge in [-0.3, -0.25) is 14.8 Å². The molecular weight excluding hydrogens is 160 g/mol. The molecule has 1 rings (SSSR count). The molecule has 0 aromatic carbocycles. The number of carbonyl (C=O) groups excluding carboxylic acids is 2. The van der Waals surface area contributed by atoms with Gasteiger partial charge in [-0.25, -0.2) is 5.48 Å². The van der Waals surface area contributed by atoms with Crippen LogP contribution in [0.2, 0.25) is 0 Å². The molecule has 2 N–H and O–H groups in total. The van der Waals surface area contributed by atoms with E-state index in [4.69, 9.17) is 5.21 Å². The molecule has 1 aliphatic heterocycles. The SMILES string of the molecule is CC(=O)N1CCC[C@H]1C(=O)NO. The van der Waals surface area contributed by atoms with Gasteiger partial charge < -0.3 is 4.90 Å². The third-order valence-corrected chi connectivity index (χ3v) is 2.07. The van der Waals surface area contributed by atoms with Gasteiger partial charge in [-0.2, -0.15) is 0 Å². The Bertz CT molecular complexity index is 205. The van der Waals surface area contributed by atoms with E-state index < -0.39 is 11.9 Å².